The molecule has 0 saturated carbocycles. The van der Waals surface area contributed by atoms with Crippen molar-refractivity contribution in [2.75, 3.05) is 7.11 Å². The van der Waals surface area contributed by atoms with Crippen molar-refractivity contribution in [2.45, 2.75) is 19.4 Å². The number of hydrogen-bond donors (Lipinski definition) is 2. The maximum atomic E-state index is 13.0. The van der Waals surface area contributed by atoms with E-state index in [1.54, 1.807) is 42.5 Å². The smallest absolute Gasteiger partial charge is 0.305 e. The minimum absolute atomic E-state index is 0.109. The van der Waals surface area contributed by atoms with E-state index in [9.17, 15) is 14.7 Å². The Morgan fingerprint density at radius 3 is 2.45 bits per heavy atom. The molecule has 1 amide bonds. The van der Waals surface area contributed by atoms with Crippen LogP contribution in [-0.4, -0.2) is 29.1 Å². The normalized spacial score (nSPS) is 11.6. The van der Waals surface area contributed by atoms with E-state index in [0.717, 1.165) is 11.1 Å². The number of carbonyl (C=O) groups is 2. The molecule has 0 aliphatic carbocycles. The molecule has 0 unspecified atom stereocenters. The highest BCUT2D eigenvalue weighted by Crippen LogP contribution is 2.33. The topological polar surface area (TPSA) is 88.5 Å². The van der Waals surface area contributed by atoms with Gasteiger partial charge in [0.2, 0.25) is 0 Å². The van der Waals surface area contributed by atoms with Gasteiger partial charge in [0.1, 0.15) is 17.1 Å². The Bertz CT molecular complexity index is 1130. The molecule has 160 valence electrons. The van der Waals surface area contributed by atoms with Crippen LogP contribution in [0.2, 0.25) is 10.0 Å². The van der Waals surface area contributed by atoms with E-state index in [4.69, 9.17) is 27.9 Å². The molecule has 1 aromatic heterocycles. The van der Waals surface area contributed by atoms with Crippen LogP contribution >= 0.6 is 23.2 Å². The van der Waals surface area contributed by atoms with Crippen LogP contribution in [0.15, 0.2) is 54.6 Å². The number of methoxy groups -OCH3 is 1. The standard InChI is InChI=1S/C23H20Cl2N2O4/c1-13-14(7-5-9-16(13)24)22-20(31-2)11-10-18(26-22)23(30)27-19(12-21(28)29)15-6-3-4-8-17(15)25/h3-11,19H,12H2,1-2H3,(H,27,30)(H,28,29)/t19-/m0/s1. The second kappa shape index (κ2) is 9.81. The van der Waals surface area contributed by atoms with Crippen LogP contribution in [0.3, 0.4) is 0 Å². The molecule has 0 fully saturated rings. The Hall–Kier alpha value is -3.09. The van der Waals surface area contributed by atoms with Gasteiger partial charge in [0.15, 0.2) is 0 Å². The van der Waals surface area contributed by atoms with Crippen molar-refractivity contribution in [3.8, 4) is 17.0 Å². The number of carboxylic acids is 1. The molecule has 0 spiro atoms. The average Bonchev–Trinajstić information content (AvgIpc) is 2.74. The van der Waals surface area contributed by atoms with Gasteiger partial charge in [-0.3, -0.25) is 9.59 Å². The van der Waals surface area contributed by atoms with Gasteiger partial charge in [-0.15, -0.1) is 0 Å². The number of carbonyl (C=O) groups excluding carboxylic acids is 1. The zero-order valence-corrected chi connectivity index (χ0v) is 18.4. The molecule has 2 N–H and O–H groups in total. The van der Waals surface area contributed by atoms with Crippen LogP contribution in [-0.2, 0) is 4.79 Å². The monoisotopic (exact) mass is 458 g/mol. The summed E-state index contributed by atoms with van der Waals surface area (Å²) >= 11 is 12.5. The fourth-order valence-corrected chi connectivity index (χ4v) is 3.64. The quantitative estimate of drug-likeness (QED) is 0.500. The van der Waals surface area contributed by atoms with Gasteiger partial charge < -0.3 is 15.2 Å². The molecule has 3 rings (SSSR count). The third kappa shape index (κ3) is 5.16. The van der Waals surface area contributed by atoms with Crippen molar-refractivity contribution < 1.29 is 19.4 Å². The van der Waals surface area contributed by atoms with Gasteiger partial charge in [-0.2, -0.15) is 0 Å². The summed E-state index contributed by atoms with van der Waals surface area (Å²) in [6, 6.07) is 14.5. The van der Waals surface area contributed by atoms with E-state index in [1.165, 1.54) is 13.2 Å². The van der Waals surface area contributed by atoms with Gasteiger partial charge in [-0.1, -0.05) is 53.5 Å². The molecule has 31 heavy (non-hydrogen) atoms. The number of pyridine rings is 1. The number of nitrogens with zero attached hydrogens (tertiary/aromatic N) is 1. The first kappa shape index (κ1) is 22.6. The average molecular weight is 459 g/mol. The summed E-state index contributed by atoms with van der Waals surface area (Å²) in [5.41, 5.74) is 2.61. The number of hydrogen-bond acceptors (Lipinski definition) is 4. The number of ether oxygens (including phenoxy) is 1. The van der Waals surface area contributed by atoms with E-state index in [-0.39, 0.29) is 12.1 Å². The lowest BCUT2D eigenvalue weighted by Gasteiger charge is -2.19. The molecule has 0 aliphatic rings. The summed E-state index contributed by atoms with van der Waals surface area (Å²) in [7, 11) is 1.51. The van der Waals surface area contributed by atoms with Gasteiger partial charge in [-0.05, 0) is 42.3 Å². The number of nitrogens with one attached hydrogen (secondary N) is 1. The maximum absolute atomic E-state index is 13.0. The zero-order valence-electron chi connectivity index (χ0n) is 16.9. The van der Waals surface area contributed by atoms with Crippen LogP contribution in [0.5, 0.6) is 5.75 Å². The first-order chi connectivity index (χ1) is 14.8. The molecule has 0 radical (unpaired) electrons. The van der Waals surface area contributed by atoms with Gasteiger partial charge in [0, 0.05) is 15.6 Å². The summed E-state index contributed by atoms with van der Waals surface area (Å²) in [5, 5.41) is 13.0. The molecular weight excluding hydrogens is 439 g/mol. The number of carboxylic acid groups (broad SMARTS) is 1. The van der Waals surface area contributed by atoms with Crippen LogP contribution in [0.25, 0.3) is 11.3 Å². The highest BCUT2D eigenvalue weighted by atomic mass is 35.5. The first-order valence-corrected chi connectivity index (χ1v) is 10.1. The molecule has 1 atom stereocenters. The Morgan fingerprint density at radius 1 is 1.06 bits per heavy atom. The Labute approximate surface area is 189 Å². The molecule has 2 aromatic carbocycles. The summed E-state index contributed by atoms with van der Waals surface area (Å²) in [6.07, 6.45) is -0.327. The molecule has 0 saturated heterocycles. The summed E-state index contributed by atoms with van der Waals surface area (Å²) in [6.45, 7) is 1.85. The van der Waals surface area contributed by atoms with Crippen molar-refractivity contribution in [3.05, 3.63) is 81.5 Å². The number of aliphatic carboxylic acids is 1. The summed E-state index contributed by atoms with van der Waals surface area (Å²) in [4.78, 5) is 28.8. The molecule has 0 bridgehead atoms. The molecule has 0 aliphatic heterocycles. The SMILES string of the molecule is COc1ccc(C(=O)N[C@@H](CC(=O)O)c2ccccc2Cl)nc1-c1cccc(Cl)c1C. The van der Waals surface area contributed by atoms with E-state index >= 15 is 0 Å². The first-order valence-electron chi connectivity index (χ1n) is 9.39. The maximum Gasteiger partial charge on any atom is 0.305 e. The van der Waals surface area contributed by atoms with E-state index in [1.807, 2.05) is 13.0 Å². The van der Waals surface area contributed by atoms with Gasteiger partial charge in [-0.25, -0.2) is 4.98 Å². The Balaban J connectivity index is 1.98. The highest BCUT2D eigenvalue weighted by Gasteiger charge is 2.23. The molecule has 3 aromatic rings. The fourth-order valence-electron chi connectivity index (χ4n) is 3.20. The van der Waals surface area contributed by atoms with Crippen LogP contribution in [0.4, 0.5) is 0 Å². The highest BCUT2D eigenvalue weighted by molar-refractivity contribution is 6.32. The second-order valence-electron chi connectivity index (χ2n) is 6.81. The van der Waals surface area contributed by atoms with Crippen molar-refractivity contribution in [1.82, 2.24) is 10.3 Å². The lowest BCUT2D eigenvalue weighted by atomic mass is 10.0. The third-order valence-electron chi connectivity index (χ3n) is 4.80. The number of halogens is 2. The van der Waals surface area contributed by atoms with Gasteiger partial charge in [0.05, 0.1) is 19.6 Å². The summed E-state index contributed by atoms with van der Waals surface area (Å²) in [5.74, 6) is -1.12. The van der Waals surface area contributed by atoms with Crippen LogP contribution < -0.4 is 10.1 Å². The van der Waals surface area contributed by atoms with E-state index in [2.05, 4.69) is 10.3 Å². The van der Waals surface area contributed by atoms with Crippen LogP contribution in [0.1, 0.15) is 34.1 Å². The minimum Gasteiger partial charge on any atom is -0.494 e. The summed E-state index contributed by atoms with van der Waals surface area (Å²) < 4.78 is 5.42. The number of rotatable bonds is 7. The predicted octanol–water partition coefficient (Wildman–Crippen LogP) is 5.32. The van der Waals surface area contributed by atoms with Crippen molar-refractivity contribution >= 4 is 35.1 Å². The number of aromatic nitrogens is 1. The fraction of sp³-hybridized carbons (Fsp3) is 0.174. The third-order valence-corrected chi connectivity index (χ3v) is 5.55. The molecule has 1 heterocycles. The van der Waals surface area contributed by atoms with E-state index in [0.29, 0.717) is 27.1 Å². The Kier molecular flexibility index (Phi) is 7.15. The van der Waals surface area contributed by atoms with Crippen molar-refractivity contribution in [1.29, 1.82) is 0 Å². The second-order valence-corrected chi connectivity index (χ2v) is 7.62. The predicted molar refractivity (Wildman–Crippen MR) is 120 cm³/mol. The number of amides is 1. The van der Waals surface area contributed by atoms with Crippen molar-refractivity contribution in [2.24, 2.45) is 0 Å². The molecule has 6 nitrogen and oxygen atoms in total. The minimum atomic E-state index is -1.07. The Morgan fingerprint density at radius 2 is 1.77 bits per heavy atom. The van der Waals surface area contributed by atoms with E-state index < -0.39 is 17.9 Å². The van der Waals surface area contributed by atoms with Crippen LogP contribution in [0, 0.1) is 6.92 Å². The molecular formula is C23H20Cl2N2O4. The lowest BCUT2D eigenvalue weighted by molar-refractivity contribution is -0.137. The van der Waals surface area contributed by atoms with Gasteiger partial charge >= 0.3 is 5.97 Å². The van der Waals surface area contributed by atoms with Gasteiger partial charge in [0.25, 0.3) is 5.91 Å². The largest absolute Gasteiger partial charge is 0.494 e. The lowest BCUT2D eigenvalue weighted by Crippen LogP contribution is -2.31. The zero-order chi connectivity index (χ0) is 22.5. The number of benzene rings is 2. The molecule has 8 heteroatoms. The van der Waals surface area contributed by atoms with Crippen molar-refractivity contribution in [3.63, 3.8) is 0 Å².